The number of pyridine rings is 2. The molecule has 3 aromatic carbocycles. The van der Waals surface area contributed by atoms with E-state index in [1.807, 2.05) is 60.7 Å². The van der Waals surface area contributed by atoms with Gasteiger partial charge in [0.2, 0.25) is 0 Å². The first-order valence-corrected chi connectivity index (χ1v) is 11.6. The third-order valence-electron chi connectivity index (χ3n) is 5.87. The van der Waals surface area contributed by atoms with Crippen molar-refractivity contribution in [3.8, 4) is 33.5 Å². The van der Waals surface area contributed by atoms with Gasteiger partial charge in [-0.05, 0) is 17.7 Å². The van der Waals surface area contributed by atoms with Crippen LogP contribution < -0.4 is 16.4 Å². The number of carboxylic acid groups (broad SMARTS) is 1. The molecule has 0 fully saturated rings. The van der Waals surface area contributed by atoms with Crippen LogP contribution in [0.15, 0.2) is 95.9 Å². The van der Waals surface area contributed by atoms with Crippen LogP contribution in [0.5, 0.6) is 0 Å². The van der Waals surface area contributed by atoms with Gasteiger partial charge in [-0.25, -0.2) is 9.37 Å². The van der Waals surface area contributed by atoms with Gasteiger partial charge in [0.1, 0.15) is 11.8 Å². The van der Waals surface area contributed by atoms with E-state index in [4.69, 9.17) is 14.9 Å². The third kappa shape index (κ3) is 6.02. The molecular weight excluding hydrogens is 514 g/mol. The highest BCUT2D eigenvalue weighted by molar-refractivity contribution is 5.98. The highest BCUT2D eigenvalue weighted by atomic mass is 19.4. The van der Waals surface area contributed by atoms with Crippen LogP contribution in [-0.2, 0) is 11.3 Å². The highest BCUT2D eigenvalue weighted by Gasteiger charge is 2.28. The van der Waals surface area contributed by atoms with Gasteiger partial charge >= 0.3 is 6.18 Å². The quantitative estimate of drug-likeness (QED) is 0.337. The number of carbonyl (C=O) groups is 1. The zero-order valence-corrected chi connectivity index (χ0v) is 20.3. The second kappa shape index (κ2) is 11.3. The van der Waals surface area contributed by atoms with Crippen LogP contribution in [0.1, 0.15) is 5.56 Å². The fourth-order valence-corrected chi connectivity index (χ4v) is 3.95. The van der Waals surface area contributed by atoms with Gasteiger partial charge in [0.25, 0.3) is 5.56 Å². The van der Waals surface area contributed by atoms with Crippen molar-refractivity contribution in [1.82, 2.24) is 9.97 Å². The van der Waals surface area contributed by atoms with E-state index in [1.165, 1.54) is 12.3 Å². The van der Waals surface area contributed by atoms with E-state index >= 15 is 0 Å². The maximum Gasteiger partial charge on any atom is 0.430 e. The number of carboxylic acids is 1. The minimum Gasteiger partial charge on any atom is -0.542 e. The van der Waals surface area contributed by atoms with Gasteiger partial charge in [-0.15, -0.1) is 0 Å². The van der Waals surface area contributed by atoms with Crippen LogP contribution in [0.25, 0.3) is 44.4 Å². The molecule has 0 amide bonds. The number of alkyl halides is 3. The van der Waals surface area contributed by atoms with Crippen molar-refractivity contribution in [2.75, 3.05) is 0 Å². The lowest BCUT2D eigenvalue weighted by Crippen LogP contribution is -2.47. The lowest BCUT2D eigenvalue weighted by molar-refractivity contribution is -0.386. The SMILES string of the molecule is O=C([O-])C(F)(F)F.[NH3+]Cc1ccc(-c2nc3c(-c4ccccc4F)c[nH]c(=O)c3cc2-c2ccccc2)cc1. The lowest BCUT2D eigenvalue weighted by Gasteiger charge is -2.14. The van der Waals surface area contributed by atoms with Crippen LogP contribution in [0.2, 0.25) is 0 Å². The molecule has 0 atom stereocenters. The average molecular weight is 535 g/mol. The molecule has 0 saturated heterocycles. The summed E-state index contributed by atoms with van der Waals surface area (Å²) in [6, 6.07) is 26.3. The summed E-state index contributed by atoms with van der Waals surface area (Å²) in [5.74, 6) is -3.37. The number of aromatic nitrogens is 2. The zero-order chi connectivity index (χ0) is 28.2. The molecule has 5 rings (SSSR count). The molecular formula is C29H21F4N3O3. The van der Waals surface area contributed by atoms with Crippen molar-refractivity contribution >= 4 is 16.9 Å². The van der Waals surface area contributed by atoms with Crippen molar-refractivity contribution in [3.63, 3.8) is 0 Å². The number of hydrogen-bond donors (Lipinski definition) is 2. The average Bonchev–Trinajstić information content (AvgIpc) is 2.94. The molecule has 4 N–H and O–H groups in total. The second-order valence-electron chi connectivity index (χ2n) is 8.39. The number of aliphatic carboxylic acids is 1. The molecule has 0 aliphatic carbocycles. The van der Waals surface area contributed by atoms with Gasteiger partial charge in [0.15, 0.2) is 0 Å². The third-order valence-corrected chi connectivity index (χ3v) is 5.87. The molecule has 0 aliphatic rings. The molecule has 0 bridgehead atoms. The predicted octanol–water partition coefficient (Wildman–Crippen LogP) is 4.10. The van der Waals surface area contributed by atoms with E-state index in [9.17, 15) is 22.4 Å². The summed E-state index contributed by atoms with van der Waals surface area (Å²) < 4.78 is 46.2. The van der Waals surface area contributed by atoms with Gasteiger partial charge in [0.05, 0.1) is 23.1 Å². The zero-order valence-electron chi connectivity index (χ0n) is 20.3. The minimum atomic E-state index is -5.19. The normalized spacial score (nSPS) is 11.1. The number of H-pyrrole nitrogens is 1. The molecule has 2 heterocycles. The van der Waals surface area contributed by atoms with Crippen molar-refractivity contribution in [1.29, 1.82) is 0 Å². The summed E-state index contributed by atoms with van der Waals surface area (Å²) in [4.78, 5) is 29.3. The van der Waals surface area contributed by atoms with E-state index < -0.39 is 12.1 Å². The van der Waals surface area contributed by atoms with Crippen LogP contribution in [0, 0.1) is 5.82 Å². The van der Waals surface area contributed by atoms with Crippen molar-refractivity contribution in [2.24, 2.45) is 0 Å². The number of nitrogens with one attached hydrogen (secondary N) is 1. The largest absolute Gasteiger partial charge is 0.542 e. The molecule has 2 aromatic heterocycles. The Labute approximate surface area is 219 Å². The molecule has 0 saturated carbocycles. The van der Waals surface area contributed by atoms with Crippen LogP contribution in [0.4, 0.5) is 17.6 Å². The monoisotopic (exact) mass is 535 g/mol. The number of nitrogens with zero attached hydrogens (tertiary/aromatic N) is 1. The molecule has 39 heavy (non-hydrogen) atoms. The summed E-state index contributed by atoms with van der Waals surface area (Å²) in [5.41, 5.74) is 9.67. The lowest BCUT2D eigenvalue weighted by atomic mass is 9.95. The van der Waals surface area contributed by atoms with Gasteiger partial charge in [-0.1, -0.05) is 72.8 Å². The second-order valence-corrected chi connectivity index (χ2v) is 8.39. The highest BCUT2D eigenvalue weighted by Crippen LogP contribution is 2.35. The maximum absolute atomic E-state index is 14.6. The van der Waals surface area contributed by atoms with E-state index in [2.05, 4.69) is 10.7 Å². The first-order valence-electron chi connectivity index (χ1n) is 11.6. The summed E-state index contributed by atoms with van der Waals surface area (Å²) >= 11 is 0. The van der Waals surface area contributed by atoms with Crippen molar-refractivity contribution in [2.45, 2.75) is 12.7 Å². The fourth-order valence-electron chi connectivity index (χ4n) is 3.95. The van der Waals surface area contributed by atoms with Gasteiger partial charge in [0, 0.05) is 34.0 Å². The molecule has 198 valence electrons. The Morgan fingerprint density at radius 3 is 2.08 bits per heavy atom. The molecule has 6 nitrogen and oxygen atoms in total. The smallest absolute Gasteiger partial charge is 0.430 e. The Morgan fingerprint density at radius 1 is 0.872 bits per heavy atom. The predicted molar refractivity (Wildman–Crippen MR) is 136 cm³/mol. The van der Waals surface area contributed by atoms with E-state index in [0.717, 1.165) is 27.9 Å². The topological polar surface area (TPSA) is 114 Å². The molecule has 0 aliphatic heterocycles. The number of carbonyl (C=O) groups excluding carboxylic acids is 1. The van der Waals surface area contributed by atoms with Gasteiger partial charge in [-0.2, -0.15) is 13.2 Å². The van der Waals surface area contributed by atoms with Crippen LogP contribution in [-0.4, -0.2) is 22.1 Å². The number of benzene rings is 3. The molecule has 0 radical (unpaired) electrons. The Bertz CT molecular complexity index is 1680. The summed E-state index contributed by atoms with van der Waals surface area (Å²) in [6.45, 7) is 0.698. The number of rotatable bonds is 4. The number of quaternary nitrogens is 1. The van der Waals surface area contributed by atoms with E-state index in [0.29, 0.717) is 28.6 Å². The first-order chi connectivity index (χ1) is 18.6. The number of fused-ring (bicyclic) bond motifs is 1. The Hall–Kier alpha value is -4.83. The standard InChI is InChI=1S/C27H20FN3O.C2HF3O2/c28-24-9-5-4-8-20(24)23-16-30-27(32)22-14-21(18-6-2-1-3-7-18)25(31-26(22)23)19-12-10-17(15-29)11-13-19;3-2(4,5)1(6)7/h1-14,16H,15,29H2,(H,30,32);(H,6,7). The van der Waals surface area contributed by atoms with Crippen LogP contribution in [0.3, 0.4) is 0 Å². The van der Waals surface area contributed by atoms with Crippen molar-refractivity contribution < 1.29 is 33.2 Å². The van der Waals surface area contributed by atoms with Gasteiger partial charge < -0.3 is 20.6 Å². The fraction of sp³-hybridized carbons (Fsp3) is 0.0690. The molecule has 0 spiro atoms. The van der Waals surface area contributed by atoms with Crippen molar-refractivity contribution in [3.05, 3.63) is 113 Å². The molecule has 10 heteroatoms. The number of aromatic amines is 1. The Balaban J connectivity index is 0.000000448. The van der Waals surface area contributed by atoms with Gasteiger partial charge in [-0.3, -0.25) is 4.79 Å². The number of hydrogen-bond acceptors (Lipinski definition) is 4. The summed E-state index contributed by atoms with van der Waals surface area (Å²) in [7, 11) is 0. The summed E-state index contributed by atoms with van der Waals surface area (Å²) in [5, 5.41) is 9.20. The van der Waals surface area contributed by atoms with E-state index in [-0.39, 0.29) is 11.4 Å². The van der Waals surface area contributed by atoms with E-state index in [1.54, 1.807) is 18.2 Å². The maximum atomic E-state index is 14.6. The Kier molecular flexibility index (Phi) is 7.87. The van der Waals surface area contributed by atoms with Crippen LogP contribution >= 0.6 is 0 Å². The molecule has 5 aromatic rings. The summed E-state index contributed by atoms with van der Waals surface area (Å²) in [6.07, 6.45) is -3.66. The number of halogens is 4. The Morgan fingerprint density at radius 2 is 1.49 bits per heavy atom. The first kappa shape index (κ1) is 27.2. The minimum absolute atomic E-state index is 0.260. The molecule has 0 unspecified atom stereocenters.